The molecule has 0 fully saturated rings. The van der Waals surface area contributed by atoms with E-state index in [1.165, 1.54) is 12.1 Å². The molecule has 70 valence electrons. The molecule has 0 amide bonds. The van der Waals surface area contributed by atoms with Gasteiger partial charge in [0.2, 0.25) is 0 Å². The van der Waals surface area contributed by atoms with E-state index < -0.39 is 5.09 Å². The summed E-state index contributed by atoms with van der Waals surface area (Å²) in [5.41, 5.74) is 0.623. The van der Waals surface area contributed by atoms with Gasteiger partial charge in [-0.2, -0.15) is 0 Å². The number of benzene rings is 1. The first-order valence-corrected chi connectivity index (χ1v) is 3.40. The summed E-state index contributed by atoms with van der Waals surface area (Å²) in [5, 5.41) is 17.2. The van der Waals surface area contributed by atoms with E-state index >= 15 is 0 Å². The van der Waals surface area contributed by atoms with Gasteiger partial charge in [0.1, 0.15) is 6.61 Å². The Labute approximate surface area is 73.4 Å². The molecular formula is C7H7NO5. The quantitative estimate of drug-likeness (QED) is 0.433. The van der Waals surface area contributed by atoms with Gasteiger partial charge in [-0.1, -0.05) is 12.1 Å². The van der Waals surface area contributed by atoms with Crippen molar-refractivity contribution in [2.24, 2.45) is 0 Å². The summed E-state index contributed by atoms with van der Waals surface area (Å²) < 4.78 is 0. The van der Waals surface area contributed by atoms with Crippen LogP contribution in [0.15, 0.2) is 24.3 Å². The van der Waals surface area contributed by atoms with Crippen LogP contribution in [-0.2, 0) is 11.4 Å². The highest BCUT2D eigenvalue weighted by Gasteiger charge is 1.98. The second kappa shape index (κ2) is 4.27. The second-order valence-electron chi connectivity index (χ2n) is 2.23. The minimum Gasteiger partial charge on any atom is -0.340 e. The molecule has 0 aliphatic carbocycles. The van der Waals surface area contributed by atoms with Crippen LogP contribution >= 0.6 is 0 Å². The zero-order chi connectivity index (χ0) is 9.68. The first-order valence-electron chi connectivity index (χ1n) is 3.40. The zero-order valence-electron chi connectivity index (χ0n) is 6.54. The number of rotatable bonds is 4. The van der Waals surface area contributed by atoms with E-state index in [2.05, 4.69) is 9.73 Å². The van der Waals surface area contributed by atoms with Crippen LogP contribution in [0.1, 0.15) is 5.56 Å². The Balaban J connectivity index is 2.54. The van der Waals surface area contributed by atoms with E-state index in [0.29, 0.717) is 5.56 Å². The standard InChI is InChI=1S/C7H7NO5/c9-8(10)12-5-6-1-3-7(13-11)4-2-6/h1-4,11H,5H2. The van der Waals surface area contributed by atoms with Crippen LogP contribution in [0.3, 0.4) is 0 Å². The third-order valence-electron chi connectivity index (χ3n) is 1.37. The van der Waals surface area contributed by atoms with Gasteiger partial charge in [-0.3, -0.25) is 0 Å². The van der Waals surface area contributed by atoms with Crippen molar-refractivity contribution in [2.75, 3.05) is 0 Å². The smallest absolute Gasteiger partial charge is 0.294 e. The van der Waals surface area contributed by atoms with Gasteiger partial charge in [0.25, 0.3) is 5.09 Å². The molecule has 0 aromatic heterocycles. The highest BCUT2D eigenvalue weighted by molar-refractivity contribution is 5.26. The maximum absolute atomic E-state index is 9.81. The molecule has 0 atom stereocenters. The summed E-state index contributed by atoms with van der Waals surface area (Å²) in [6.45, 7) is -0.112. The van der Waals surface area contributed by atoms with E-state index in [4.69, 9.17) is 5.26 Å². The fraction of sp³-hybridized carbons (Fsp3) is 0.143. The summed E-state index contributed by atoms with van der Waals surface area (Å²) in [7, 11) is 0. The van der Waals surface area contributed by atoms with E-state index in [9.17, 15) is 10.1 Å². The summed E-state index contributed by atoms with van der Waals surface area (Å²) >= 11 is 0. The summed E-state index contributed by atoms with van der Waals surface area (Å²) in [6.07, 6.45) is 0. The average Bonchev–Trinajstić information content (AvgIpc) is 2.15. The molecule has 1 aromatic rings. The van der Waals surface area contributed by atoms with Gasteiger partial charge in [0.15, 0.2) is 5.75 Å². The third kappa shape index (κ3) is 2.96. The van der Waals surface area contributed by atoms with Gasteiger partial charge in [0.05, 0.1) is 0 Å². The van der Waals surface area contributed by atoms with E-state index in [-0.39, 0.29) is 12.4 Å². The largest absolute Gasteiger partial charge is 0.340 e. The zero-order valence-corrected chi connectivity index (χ0v) is 6.54. The van der Waals surface area contributed by atoms with E-state index in [1.54, 1.807) is 12.1 Å². The highest BCUT2D eigenvalue weighted by Crippen LogP contribution is 2.11. The van der Waals surface area contributed by atoms with Crippen molar-refractivity contribution in [3.05, 3.63) is 39.9 Å². The van der Waals surface area contributed by atoms with Crippen molar-refractivity contribution < 1.29 is 20.1 Å². The monoisotopic (exact) mass is 185 g/mol. The van der Waals surface area contributed by atoms with Crippen molar-refractivity contribution in [2.45, 2.75) is 6.61 Å². The van der Waals surface area contributed by atoms with Crippen LogP contribution in [-0.4, -0.2) is 10.3 Å². The van der Waals surface area contributed by atoms with Crippen LogP contribution in [0.5, 0.6) is 5.75 Å². The first kappa shape index (κ1) is 9.27. The van der Waals surface area contributed by atoms with E-state index in [1.807, 2.05) is 0 Å². The van der Waals surface area contributed by atoms with Crippen molar-refractivity contribution in [1.82, 2.24) is 0 Å². The Morgan fingerprint density at radius 1 is 1.38 bits per heavy atom. The molecule has 0 saturated heterocycles. The maximum Gasteiger partial charge on any atom is 0.294 e. The minimum absolute atomic E-state index is 0.112. The third-order valence-corrected chi connectivity index (χ3v) is 1.37. The number of nitrogens with zero attached hydrogens (tertiary/aromatic N) is 1. The van der Waals surface area contributed by atoms with Crippen molar-refractivity contribution in [1.29, 1.82) is 0 Å². The molecule has 0 saturated carbocycles. The fourth-order valence-corrected chi connectivity index (χ4v) is 0.774. The van der Waals surface area contributed by atoms with Crippen LogP contribution < -0.4 is 4.89 Å². The van der Waals surface area contributed by atoms with Crippen molar-refractivity contribution in [3.63, 3.8) is 0 Å². The van der Waals surface area contributed by atoms with Crippen LogP contribution in [0, 0.1) is 10.1 Å². The van der Waals surface area contributed by atoms with Gasteiger partial charge >= 0.3 is 0 Å². The summed E-state index contributed by atoms with van der Waals surface area (Å²) in [5.74, 6) is 0.268. The highest BCUT2D eigenvalue weighted by atomic mass is 17.1. The van der Waals surface area contributed by atoms with Crippen molar-refractivity contribution in [3.8, 4) is 5.75 Å². The minimum atomic E-state index is -0.865. The predicted octanol–water partition coefficient (Wildman–Crippen LogP) is 1.25. The maximum atomic E-state index is 9.81. The second-order valence-corrected chi connectivity index (χ2v) is 2.23. The summed E-state index contributed by atoms with van der Waals surface area (Å²) in [4.78, 5) is 17.9. The summed E-state index contributed by atoms with van der Waals surface area (Å²) in [6, 6.07) is 6.04. The topological polar surface area (TPSA) is 81.8 Å². The SMILES string of the molecule is O=[N+]([O-])OCc1ccc(OO)cc1. The molecule has 1 aromatic carbocycles. The molecule has 0 bridgehead atoms. The molecular weight excluding hydrogens is 178 g/mol. The molecule has 1 rings (SSSR count). The first-order chi connectivity index (χ1) is 6.22. The molecule has 0 radical (unpaired) electrons. The lowest BCUT2D eigenvalue weighted by atomic mass is 10.2. The van der Waals surface area contributed by atoms with Crippen LogP contribution in [0.25, 0.3) is 0 Å². The Morgan fingerprint density at radius 3 is 2.46 bits per heavy atom. The molecule has 0 aliphatic heterocycles. The van der Waals surface area contributed by atoms with Gasteiger partial charge in [-0.05, 0) is 17.7 Å². The molecule has 0 unspecified atom stereocenters. The van der Waals surface area contributed by atoms with E-state index in [0.717, 1.165) is 0 Å². The Kier molecular flexibility index (Phi) is 3.04. The number of hydrogen-bond acceptors (Lipinski definition) is 5. The van der Waals surface area contributed by atoms with Gasteiger partial charge in [-0.25, -0.2) is 5.26 Å². The predicted molar refractivity (Wildman–Crippen MR) is 41.5 cm³/mol. The van der Waals surface area contributed by atoms with Gasteiger partial charge in [0, 0.05) is 0 Å². The average molecular weight is 185 g/mol. The molecule has 0 spiro atoms. The molecule has 0 heterocycles. The van der Waals surface area contributed by atoms with Crippen molar-refractivity contribution >= 4 is 0 Å². The van der Waals surface area contributed by atoms with Gasteiger partial charge in [-0.15, -0.1) is 10.1 Å². The molecule has 13 heavy (non-hydrogen) atoms. The molecule has 6 nitrogen and oxygen atoms in total. The normalized spacial score (nSPS) is 9.31. The van der Waals surface area contributed by atoms with Crippen LogP contribution in [0.2, 0.25) is 0 Å². The Hall–Kier alpha value is -1.82. The van der Waals surface area contributed by atoms with Gasteiger partial charge < -0.3 is 9.73 Å². The number of hydrogen-bond donors (Lipinski definition) is 1. The fourth-order valence-electron chi connectivity index (χ4n) is 0.774. The lowest BCUT2D eigenvalue weighted by molar-refractivity contribution is -0.763. The van der Waals surface area contributed by atoms with Crippen LogP contribution in [0.4, 0.5) is 0 Å². The Morgan fingerprint density at radius 2 is 2.00 bits per heavy atom. The molecule has 1 N–H and O–H groups in total. The Bertz CT molecular complexity index is 283. The molecule has 0 aliphatic rings. The lowest BCUT2D eigenvalue weighted by Crippen LogP contribution is -2.00. The molecule has 6 heteroatoms. The lowest BCUT2D eigenvalue weighted by Gasteiger charge is -2.00.